The SMILES string of the molecule is CCC(F)(F)S(=O)(=O)c1cc(OC)c(CCN)cc1OC. The summed E-state index contributed by atoms with van der Waals surface area (Å²) in [5, 5.41) is -3.87. The summed E-state index contributed by atoms with van der Waals surface area (Å²) in [7, 11) is -2.32. The van der Waals surface area contributed by atoms with Gasteiger partial charge in [0, 0.05) is 12.5 Å². The number of rotatable bonds is 7. The Morgan fingerprint density at radius 3 is 2.19 bits per heavy atom. The summed E-state index contributed by atoms with van der Waals surface area (Å²) < 4.78 is 61.6. The normalized spacial score (nSPS) is 12.3. The number of benzene rings is 1. The van der Waals surface area contributed by atoms with Crippen LogP contribution in [0.3, 0.4) is 0 Å². The molecule has 0 saturated heterocycles. The van der Waals surface area contributed by atoms with Crippen LogP contribution >= 0.6 is 0 Å². The van der Waals surface area contributed by atoms with E-state index in [1.54, 1.807) is 0 Å². The molecule has 0 fully saturated rings. The maximum absolute atomic E-state index is 13.7. The first-order chi connectivity index (χ1) is 9.75. The smallest absolute Gasteiger partial charge is 0.349 e. The fourth-order valence-electron chi connectivity index (χ4n) is 1.84. The third-order valence-corrected chi connectivity index (χ3v) is 5.05. The number of ether oxygens (including phenoxy) is 2. The van der Waals surface area contributed by atoms with Crippen LogP contribution in [0.25, 0.3) is 0 Å². The predicted octanol–water partition coefficient (Wildman–Crippen LogP) is 1.98. The van der Waals surface area contributed by atoms with Gasteiger partial charge in [-0.25, -0.2) is 8.42 Å². The van der Waals surface area contributed by atoms with Crippen LogP contribution in [0, 0.1) is 0 Å². The van der Waals surface area contributed by atoms with Crippen LogP contribution in [0.2, 0.25) is 0 Å². The first-order valence-electron chi connectivity index (χ1n) is 6.32. The molecule has 120 valence electrons. The summed E-state index contributed by atoms with van der Waals surface area (Å²) in [5.41, 5.74) is 6.05. The highest BCUT2D eigenvalue weighted by molar-refractivity contribution is 7.92. The van der Waals surface area contributed by atoms with E-state index in [-0.39, 0.29) is 11.5 Å². The molecule has 0 aliphatic rings. The zero-order chi connectivity index (χ0) is 16.3. The van der Waals surface area contributed by atoms with E-state index in [4.69, 9.17) is 15.2 Å². The highest BCUT2D eigenvalue weighted by Crippen LogP contribution is 2.39. The van der Waals surface area contributed by atoms with Gasteiger partial charge in [-0.2, -0.15) is 8.78 Å². The van der Waals surface area contributed by atoms with Crippen molar-refractivity contribution >= 4 is 9.84 Å². The molecule has 8 heteroatoms. The fourth-order valence-corrected chi connectivity index (χ4v) is 3.22. The number of alkyl halides is 2. The third-order valence-electron chi connectivity index (χ3n) is 3.07. The Morgan fingerprint density at radius 1 is 1.19 bits per heavy atom. The maximum atomic E-state index is 13.7. The Balaban J connectivity index is 3.56. The van der Waals surface area contributed by atoms with E-state index in [0.717, 1.165) is 13.0 Å². The van der Waals surface area contributed by atoms with E-state index in [9.17, 15) is 17.2 Å². The highest BCUT2D eigenvalue weighted by atomic mass is 32.2. The van der Waals surface area contributed by atoms with E-state index < -0.39 is 26.4 Å². The molecule has 0 aliphatic heterocycles. The van der Waals surface area contributed by atoms with Crippen molar-refractivity contribution in [3.63, 3.8) is 0 Å². The van der Waals surface area contributed by atoms with Gasteiger partial charge in [0.1, 0.15) is 16.4 Å². The molecular formula is C13H19F2NO4S. The molecule has 1 aromatic rings. The molecule has 0 unspecified atom stereocenters. The van der Waals surface area contributed by atoms with Crippen molar-refractivity contribution in [1.29, 1.82) is 0 Å². The summed E-state index contributed by atoms with van der Waals surface area (Å²) in [5.74, 6) is 0.0408. The van der Waals surface area contributed by atoms with Crippen molar-refractivity contribution in [3.05, 3.63) is 17.7 Å². The first kappa shape index (κ1) is 17.6. The second kappa shape index (κ2) is 6.57. The summed E-state index contributed by atoms with van der Waals surface area (Å²) in [6.45, 7) is 1.40. The van der Waals surface area contributed by atoms with Gasteiger partial charge in [-0.3, -0.25) is 0 Å². The molecule has 0 amide bonds. The molecule has 0 bridgehead atoms. The minimum atomic E-state index is -4.87. The summed E-state index contributed by atoms with van der Waals surface area (Å²) in [4.78, 5) is -0.588. The summed E-state index contributed by atoms with van der Waals surface area (Å²) in [6, 6.07) is 2.42. The lowest BCUT2D eigenvalue weighted by Crippen LogP contribution is -2.28. The zero-order valence-electron chi connectivity index (χ0n) is 12.2. The van der Waals surface area contributed by atoms with E-state index in [1.807, 2.05) is 0 Å². The minimum Gasteiger partial charge on any atom is -0.496 e. The van der Waals surface area contributed by atoms with Gasteiger partial charge in [0.05, 0.1) is 14.2 Å². The largest absolute Gasteiger partial charge is 0.496 e. The second-order valence-corrected chi connectivity index (χ2v) is 6.39. The topological polar surface area (TPSA) is 78.6 Å². The molecule has 0 radical (unpaired) electrons. The van der Waals surface area contributed by atoms with Gasteiger partial charge in [-0.1, -0.05) is 6.92 Å². The average molecular weight is 323 g/mol. The van der Waals surface area contributed by atoms with E-state index in [2.05, 4.69) is 0 Å². The molecule has 1 aromatic carbocycles. The summed E-state index contributed by atoms with van der Waals surface area (Å²) >= 11 is 0. The predicted molar refractivity (Wildman–Crippen MR) is 74.7 cm³/mol. The number of methoxy groups -OCH3 is 2. The third kappa shape index (κ3) is 3.26. The number of nitrogens with two attached hydrogens (primary N) is 1. The van der Waals surface area contributed by atoms with Gasteiger partial charge in [0.2, 0.25) is 9.84 Å². The van der Waals surface area contributed by atoms with Crippen LogP contribution in [-0.2, 0) is 16.3 Å². The molecular weight excluding hydrogens is 304 g/mol. The fraction of sp³-hybridized carbons (Fsp3) is 0.538. The number of halogens is 2. The molecule has 0 atom stereocenters. The minimum absolute atomic E-state index is 0.146. The standard InChI is InChI=1S/C13H19F2NO4S/c1-4-13(14,15)21(17,18)12-8-10(19-2)9(5-6-16)7-11(12)20-3/h7-8H,4-6,16H2,1-3H3. The lowest BCUT2D eigenvalue weighted by Gasteiger charge is -2.19. The number of sulfone groups is 1. The van der Waals surface area contributed by atoms with Crippen molar-refractivity contribution in [3.8, 4) is 11.5 Å². The summed E-state index contributed by atoms with van der Waals surface area (Å²) in [6.07, 6.45) is -0.421. The van der Waals surface area contributed by atoms with Crippen molar-refractivity contribution in [2.24, 2.45) is 5.73 Å². The van der Waals surface area contributed by atoms with Crippen LogP contribution in [0.1, 0.15) is 18.9 Å². The van der Waals surface area contributed by atoms with Gasteiger partial charge < -0.3 is 15.2 Å². The number of hydrogen-bond acceptors (Lipinski definition) is 5. The van der Waals surface area contributed by atoms with Crippen molar-refractivity contribution < 1.29 is 26.7 Å². The Labute approximate surface area is 123 Å². The molecule has 2 N–H and O–H groups in total. The Kier molecular flexibility index (Phi) is 5.52. The van der Waals surface area contributed by atoms with Crippen LogP contribution in [-0.4, -0.2) is 34.4 Å². The van der Waals surface area contributed by atoms with Gasteiger partial charge in [-0.15, -0.1) is 0 Å². The highest BCUT2D eigenvalue weighted by Gasteiger charge is 2.46. The van der Waals surface area contributed by atoms with Crippen LogP contribution in [0.5, 0.6) is 11.5 Å². The Hall–Kier alpha value is -1.41. The van der Waals surface area contributed by atoms with E-state index >= 15 is 0 Å². The average Bonchev–Trinajstić information content (AvgIpc) is 2.46. The van der Waals surface area contributed by atoms with Crippen LogP contribution < -0.4 is 15.2 Å². The monoisotopic (exact) mass is 323 g/mol. The molecule has 0 aromatic heterocycles. The van der Waals surface area contributed by atoms with Gasteiger partial charge in [0.15, 0.2) is 0 Å². The maximum Gasteiger partial charge on any atom is 0.349 e. The number of hydrogen-bond donors (Lipinski definition) is 1. The van der Waals surface area contributed by atoms with Crippen LogP contribution in [0.15, 0.2) is 17.0 Å². The zero-order valence-corrected chi connectivity index (χ0v) is 13.0. The van der Waals surface area contributed by atoms with Gasteiger partial charge in [0.25, 0.3) is 0 Å². The van der Waals surface area contributed by atoms with Crippen molar-refractivity contribution in [1.82, 2.24) is 0 Å². The van der Waals surface area contributed by atoms with Gasteiger partial charge in [-0.05, 0) is 24.6 Å². The molecule has 0 heterocycles. The van der Waals surface area contributed by atoms with Crippen LogP contribution in [0.4, 0.5) is 8.78 Å². The first-order valence-corrected chi connectivity index (χ1v) is 7.80. The molecule has 0 spiro atoms. The van der Waals surface area contributed by atoms with Crippen molar-refractivity contribution in [2.45, 2.75) is 29.9 Å². The van der Waals surface area contributed by atoms with Crippen molar-refractivity contribution in [2.75, 3.05) is 20.8 Å². The van der Waals surface area contributed by atoms with E-state index in [1.165, 1.54) is 20.3 Å². The quantitative estimate of drug-likeness (QED) is 0.830. The second-order valence-electron chi connectivity index (χ2n) is 4.35. The molecule has 0 saturated carbocycles. The van der Waals surface area contributed by atoms with E-state index in [0.29, 0.717) is 18.5 Å². The molecule has 5 nitrogen and oxygen atoms in total. The Bertz CT molecular complexity index is 602. The van der Waals surface area contributed by atoms with Gasteiger partial charge >= 0.3 is 5.25 Å². The molecule has 1 rings (SSSR count). The molecule has 0 aliphatic carbocycles. The molecule has 21 heavy (non-hydrogen) atoms. The lowest BCUT2D eigenvalue weighted by atomic mass is 10.1. The Morgan fingerprint density at radius 2 is 1.76 bits per heavy atom. The lowest BCUT2D eigenvalue weighted by molar-refractivity contribution is 0.0875.